The van der Waals surface area contributed by atoms with Gasteiger partial charge in [0.25, 0.3) is 11.8 Å². The second-order valence-corrected chi connectivity index (χ2v) is 8.66. The van der Waals surface area contributed by atoms with Crippen LogP contribution in [0.1, 0.15) is 27.4 Å². The van der Waals surface area contributed by atoms with Gasteiger partial charge in [0, 0.05) is 5.56 Å². The molecule has 1 aromatic heterocycles. The monoisotopic (exact) mass is 563 g/mol. The van der Waals surface area contributed by atoms with E-state index in [0.29, 0.717) is 17.5 Å². The van der Waals surface area contributed by atoms with Gasteiger partial charge < -0.3 is 29.3 Å². The van der Waals surface area contributed by atoms with Gasteiger partial charge in [-0.2, -0.15) is 0 Å². The van der Waals surface area contributed by atoms with Crippen molar-refractivity contribution in [2.45, 2.75) is 13.0 Å². The van der Waals surface area contributed by atoms with E-state index in [9.17, 15) is 23.6 Å². The third-order valence-corrected chi connectivity index (χ3v) is 5.87. The molecule has 0 atom stereocenters. The number of para-hydroxylation sites is 1. The van der Waals surface area contributed by atoms with Crippen LogP contribution in [-0.2, 0) is 27.3 Å². The minimum absolute atomic E-state index is 0.000660. The highest BCUT2D eigenvalue weighted by molar-refractivity contribution is 6.13. The Morgan fingerprint density at radius 3 is 2.63 bits per heavy atom. The zero-order valence-electron chi connectivity index (χ0n) is 22.2. The van der Waals surface area contributed by atoms with Gasteiger partial charge in [0.05, 0.1) is 26.5 Å². The number of carbonyl (C=O) groups excluding carboxylic acids is 4. The van der Waals surface area contributed by atoms with E-state index in [0.717, 1.165) is 4.90 Å². The second kappa shape index (κ2) is 12.6. The number of methoxy groups -OCH3 is 2. The van der Waals surface area contributed by atoms with Crippen LogP contribution in [0.5, 0.6) is 11.5 Å². The van der Waals surface area contributed by atoms with Gasteiger partial charge in [0.15, 0.2) is 18.1 Å². The number of hydrogen-bond acceptors (Lipinski definition) is 8. The molecule has 1 aliphatic rings. The number of nitrogens with one attached hydrogen (secondary N) is 2. The zero-order valence-corrected chi connectivity index (χ0v) is 22.2. The Morgan fingerprint density at radius 2 is 1.93 bits per heavy atom. The molecule has 12 heteroatoms. The highest BCUT2D eigenvalue weighted by atomic mass is 19.1. The number of nitrogens with zero attached hydrogens (tertiary/aromatic N) is 1. The van der Waals surface area contributed by atoms with Crippen molar-refractivity contribution < 1.29 is 42.2 Å². The lowest BCUT2D eigenvalue weighted by Crippen LogP contribution is -2.30. The van der Waals surface area contributed by atoms with E-state index < -0.39 is 36.2 Å². The van der Waals surface area contributed by atoms with Crippen LogP contribution in [0.15, 0.2) is 71.3 Å². The van der Waals surface area contributed by atoms with Crippen LogP contribution in [0.25, 0.3) is 6.08 Å². The number of ether oxygens (including phenoxy) is 3. The first-order valence-electron chi connectivity index (χ1n) is 12.2. The third-order valence-electron chi connectivity index (χ3n) is 5.87. The number of esters is 1. The molecule has 11 nitrogen and oxygen atoms in total. The van der Waals surface area contributed by atoms with Gasteiger partial charge in [0.2, 0.25) is 5.76 Å². The lowest BCUT2D eigenvalue weighted by atomic mass is 10.0. The van der Waals surface area contributed by atoms with Gasteiger partial charge in [-0.05, 0) is 54.5 Å². The molecule has 2 heterocycles. The van der Waals surface area contributed by atoms with E-state index >= 15 is 0 Å². The Kier molecular flexibility index (Phi) is 8.82. The average Bonchev–Trinajstić information content (AvgIpc) is 3.53. The molecule has 1 fully saturated rings. The van der Waals surface area contributed by atoms with Crippen molar-refractivity contribution in [1.29, 1.82) is 0 Å². The zero-order chi connectivity index (χ0) is 29.5. The molecule has 3 aromatic rings. The van der Waals surface area contributed by atoms with Gasteiger partial charge in [-0.25, -0.2) is 14.0 Å². The van der Waals surface area contributed by atoms with Crippen molar-refractivity contribution in [2.24, 2.45) is 0 Å². The molecule has 0 saturated carbocycles. The van der Waals surface area contributed by atoms with E-state index in [4.69, 9.17) is 13.9 Å². The van der Waals surface area contributed by atoms with Crippen molar-refractivity contribution in [2.75, 3.05) is 26.1 Å². The molecule has 0 radical (unpaired) electrons. The summed E-state index contributed by atoms with van der Waals surface area (Å²) in [6, 6.07) is 11.2. The first kappa shape index (κ1) is 28.6. The molecule has 212 valence electrons. The summed E-state index contributed by atoms with van der Waals surface area (Å²) >= 11 is 0. The molecule has 0 bridgehead atoms. The summed E-state index contributed by atoms with van der Waals surface area (Å²) in [7, 11) is 2.62. The molecular weight excluding hydrogens is 537 g/mol. The summed E-state index contributed by atoms with van der Waals surface area (Å²) in [5.74, 6) is -1.77. The van der Waals surface area contributed by atoms with E-state index in [1.807, 2.05) is 0 Å². The highest BCUT2D eigenvalue weighted by Crippen LogP contribution is 2.35. The van der Waals surface area contributed by atoms with Crippen LogP contribution < -0.4 is 20.1 Å². The Balaban J connectivity index is 1.52. The van der Waals surface area contributed by atoms with E-state index in [1.165, 1.54) is 50.6 Å². The van der Waals surface area contributed by atoms with Crippen molar-refractivity contribution in [3.8, 4) is 11.5 Å². The number of hydrogen-bond donors (Lipinski definition) is 2. The first-order valence-corrected chi connectivity index (χ1v) is 12.2. The normalized spacial score (nSPS) is 13.6. The molecule has 2 N–H and O–H groups in total. The van der Waals surface area contributed by atoms with Gasteiger partial charge >= 0.3 is 12.0 Å². The molecule has 1 aliphatic heterocycles. The number of furan rings is 1. The lowest BCUT2D eigenvalue weighted by Gasteiger charge is -2.16. The second-order valence-electron chi connectivity index (χ2n) is 8.66. The maximum atomic E-state index is 13.9. The fraction of sp³-hybridized carbons (Fsp3) is 0.172. The van der Waals surface area contributed by atoms with Gasteiger partial charge in [0.1, 0.15) is 17.3 Å². The standard InChI is InChI=1S/C29H26FN3O8/c1-4-7-18-12-17(14-24(38-2)26(18)40-16-25(34)31-21-9-6-5-8-20(21)30)13-22-27(35)33(29(37)32-22)15-19-10-11-23(41-19)28(36)39-3/h4-6,8-14H,1,7,15-16H2,2-3H3,(H,31,34)(H,32,37)/b22-13-. The number of allylic oxidation sites excluding steroid dienone is 1. The van der Waals surface area contributed by atoms with Crippen molar-refractivity contribution in [1.82, 2.24) is 10.2 Å². The average molecular weight is 564 g/mol. The summed E-state index contributed by atoms with van der Waals surface area (Å²) in [5.41, 5.74) is 1.11. The fourth-order valence-corrected chi connectivity index (χ4v) is 3.99. The lowest BCUT2D eigenvalue weighted by molar-refractivity contribution is -0.123. The SMILES string of the molecule is C=CCc1cc(/C=C2\NC(=O)N(Cc3ccc(C(=O)OC)o3)C2=O)cc(OC)c1OCC(=O)Nc1ccccc1F. The number of rotatable bonds is 11. The highest BCUT2D eigenvalue weighted by Gasteiger charge is 2.34. The number of amides is 4. The van der Waals surface area contributed by atoms with Crippen LogP contribution in [0.2, 0.25) is 0 Å². The predicted octanol–water partition coefficient (Wildman–Crippen LogP) is 4.05. The maximum Gasteiger partial charge on any atom is 0.373 e. The predicted molar refractivity (Wildman–Crippen MR) is 145 cm³/mol. The molecule has 0 aliphatic carbocycles. The Labute approximate surface area is 234 Å². The van der Waals surface area contributed by atoms with Gasteiger partial charge in [-0.1, -0.05) is 18.2 Å². The molecule has 0 unspecified atom stereocenters. The number of carbonyl (C=O) groups is 4. The molecule has 2 aromatic carbocycles. The summed E-state index contributed by atoms with van der Waals surface area (Å²) in [5, 5.41) is 4.97. The molecule has 41 heavy (non-hydrogen) atoms. The molecule has 1 saturated heterocycles. The first-order chi connectivity index (χ1) is 19.7. The Morgan fingerprint density at radius 1 is 1.15 bits per heavy atom. The van der Waals surface area contributed by atoms with Gasteiger partial charge in [-0.3, -0.25) is 14.5 Å². The van der Waals surface area contributed by atoms with Crippen LogP contribution in [-0.4, -0.2) is 49.5 Å². The van der Waals surface area contributed by atoms with E-state index in [1.54, 1.807) is 24.3 Å². The summed E-state index contributed by atoms with van der Waals surface area (Å²) in [6.07, 6.45) is 3.41. The topological polar surface area (TPSA) is 136 Å². The number of benzene rings is 2. The van der Waals surface area contributed by atoms with Crippen LogP contribution in [0.4, 0.5) is 14.9 Å². The third kappa shape index (κ3) is 6.61. The molecular formula is C29H26FN3O8. The van der Waals surface area contributed by atoms with Gasteiger partial charge in [-0.15, -0.1) is 6.58 Å². The smallest absolute Gasteiger partial charge is 0.373 e. The minimum Gasteiger partial charge on any atom is -0.493 e. The van der Waals surface area contributed by atoms with Crippen LogP contribution in [0, 0.1) is 5.82 Å². The molecule has 4 amide bonds. The maximum absolute atomic E-state index is 13.9. The Bertz CT molecular complexity index is 1540. The fourth-order valence-electron chi connectivity index (χ4n) is 3.99. The minimum atomic E-state index is -0.684. The molecule has 0 spiro atoms. The largest absolute Gasteiger partial charge is 0.493 e. The van der Waals surface area contributed by atoms with Crippen LogP contribution in [0.3, 0.4) is 0 Å². The quantitative estimate of drug-likeness (QED) is 0.154. The van der Waals surface area contributed by atoms with Crippen molar-refractivity contribution in [3.05, 3.63) is 95.3 Å². The van der Waals surface area contributed by atoms with E-state index in [2.05, 4.69) is 21.9 Å². The number of urea groups is 1. The Hall–Kier alpha value is -5.39. The summed E-state index contributed by atoms with van der Waals surface area (Å²) in [6.45, 7) is 3.12. The number of imide groups is 1. The van der Waals surface area contributed by atoms with Crippen molar-refractivity contribution in [3.63, 3.8) is 0 Å². The summed E-state index contributed by atoms with van der Waals surface area (Å²) < 4.78 is 35.0. The summed E-state index contributed by atoms with van der Waals surface area (Å²) in [4.78, 5) is 50.5. The van der Waals surface area contributed by atoms with Crippen molar-refractivity contribution >= 4 is 35.6 Å². The molecule has 4 rings (SSSR count). The van der Waals surface area contributed by atoms with E-state index in [-0.39, 0.29) is 40.9 Å². The van der Waals surface area contributed by atoms with Crippen LogP contribution >= 0.6 is 0 Å². The number of halogens is 1. The number of anilines is 1.